The maximum atomic E-state index is 10.9. The Hall–Kier alpha value is -0.490. The van der Waals surface area contributed by atoms with E-state index in [-0.39, 0.29) is 18.9 Å². The zero-order chi connectivity index (χ0) is 8.15. The topological polar surface area (TPSA) is 121 Å². The third-order valence-electron chi connectivity index (χ3n) is 1.24. The van der Waals surface area contributed by atoms with Crippen molar-refractivity contribution in [3.63, 3.8) is 0 Å². The molecule has 2 atom stereocenters. The van der Waals surface area contributed by atoms with E-state index in [1.165, 1.54) is 0 Å². The Bertz CT molecular complexity index is 104. The van der Waals surface area contributed by atoms with E-state index in [4.69, 9.17) is 22.9 Å². The Kier molecular flexibility index (Phi) is 4.13. The van der Waals surface area contributed by atoms with E-state index >= 15 is 0 Å². The molecule has 0 aliphatic rings. The number of hydrogen-bond acceptors (Lipinski definition) is 5. The van der Waals surface area contributed by atoms with Crippen LogP contribution in [0.1, 0.15) is 0 Å². The number of rotatable bonds is 4. The summed E-state index contributed by atoms with van der Waals surface area (Å²) < 4.78 is 0. The molecule has 0 aromatic heterocycles. The molecule has 0 aliphatic heterocycles. The molecule has 0 heterocycles. The Morgan fingerprint density at radius 3 is 1.60 bits per heavy atom. The summed E-state index contributed by atoms with van der Waals surface area (Å²) in [5.74, 6) is -0.273. The van der Waals surface area contributed by atoms with Crippen LogP contribution in [0, 0.1) is 0 Å². The summed E-state index contributed by atoms with van der Waals surface area (Å²) in [4.78, 5) is 10.9. The van der Waals surface area contributed by atoms with Crippen LogP contribution in [0.5, 0.6) is 0 Å². The van der Waals surface area contributed by atoms with E-state index in [2.05, 4.69) is 0 Å². The van der Waals surface area contributed by atoms with Crippen LogP contribution in [0.2, 0.25) is 0 Å². The number of nitrogens with two attached hydrogens (primary N) is 4. The number of ketones is 1. The van der Waals surface area contributed by atoms with Gasteiger partial charge in [0.2, 0.25) is 0 Å². The van der Waals surface area contributed by atoms with Gasteiger partial charge in [-0.2, -0.15) is 0 Å². The molecule has 0 saturated heterocycles. The molecule has 60 valence electrons. The van der Waals surface area contributed by atoms with Gasteiger partial charge in [-0.25, -0.2) is 0 Å². The first-order valence-corrected chi connectivity index (χ1v) is 3.08. The first-order valence-electron chi connectivity index (χ1n) is 3.08. The molecule has 2 unspecified atom stereocenters. The van der Waals surface area contributed by atoms with Gasteiger partial charge in [0.05, 0.1) is 12.1 Å². The second kappa shape index (κ2) is 4.35. The molecule has 0 saturated carbocycles. The van der Waals surface area contributed by atoms with Gasteiger partial charge in [-0.05, 0) is 0 Å². The molecular weight excluding hydrogens is 132 g/mol. The molecule has 0 aromatic carbocycles. The van der Waals surface area contributed by atoms with Crippen molar-refractivity contribution < 1.29 is 4.79 Å². The van der Waals surface area contributed by atoms with E-state index in [1.54, 1.807) is 0 Å². The molecule has 0 amide bonds. The smallest absolute Gasteiger partial charge is 0.168 e. The van der Waals surface area contributed by atoms with Crippen LogP contribution in [0.3, 0.4) is 0 Å². The number of carbonyl (C=O) groups excluding carboxylic acids is 1. The highest BCUT2D eigenvalue weighted by atomic mass is 16.1. The van der Waals surface area contributed by atoms with Crippen molar-refractivity contribution in [3.05, 3.63) is 0 Å². The average Bonchev–Trinajstić information content (AvgIpc) is 2.00. The van der Waals surface area contributed by atoms with E-state index in [1.807, 2.05) is 0 Å². The predicted molar refractivity (Wildman–Crippen MR) is 39.1 cm³/mol. The van der Waals surface area contributed by atoms with Gasteiger partial charge in [0.15, 0.2) is 5.78 Å². The number of Topliss-reactive ketones (excluding diaryl/α,β-unsaturated/α-hetero) is 1. The van der Waals surface area contributed by atoms with Crippen molar-refractivity contribution in [1.29, 1.82) is 0 Å². The predicted octanol–water partition coefficient (Wildman–Crippen LogP) is -2.87. The minimum absolute atomic E-state index is 0.118. The molecule has 0 rings (SSSR count). The lowest BCUT2D eigenvalue weighted by Crippen LogP contribution is -2.50. The lowest BCUT2D eigenvalue weighted by atomic mass is 10.1. The van der Waals surface area contributed by atoms with E-state index in [0.29, 0.717) is 0 Å². The van der Waals surface area contributed by atoms with Crippen molar-refractivity contribution in [2.75, 3.05) is 13.1 Å². The minimum atomic E-state index is -0.668. The summed E-state index contributed by atoms with van der Waals surface area (Å²) in [5, 5.41) is 0. The summed E-state index contributed by atoms with van der Waals surface area (Å²) in [6, 6.07) is -1.34. The van der Waals surface area contributed by atoms with Gasteiger partial charge in [-0.1, -0.05) is 0 Å². The standard InChI is InChI=1S/C5H14N4O/c6-1-3(8)5(10)4(9)2-7/h3-4H,1-2,6-9H2. The van der Waals surface area contributed by atoms with Gasteiger partial charge in [0, 0.05) is 13.1 Å². The van der Waals surface area contributed by atoms with Crippen LogP contribution in [0.4, 0.5) is 0 Å². The van der Waals surface area contributed by atoms with Gasteiger partial charge < -0.3 is 22.9 Å². The summed E-state index contributed by atoms with van der Waals surface area (Å²) in [6.07, 6.45) is 0. The average molecular weight is 146 g/mol. The highest BCUT2D eigenvalue weighted by Crippen LogP contribution is 1.83. The van der Waals surface area contributed by atoms with Crippen molar-refractivity contribution in [1.82, 2.24) is 0 Å². The van der Waals surface area contributed by atoms with Crippen LogP contribution in [-0.2, 0) is 4.79 Å². The molecule has 0 radical (unpaired) electrons. The van der Waals surface area contributed by atoms with E-state index < -0.39 is 12.1 Å². The van der Waals surface area contributed by atoms with Crippen molar-refractivity contribution in [2.24, 2.45) is 22.9 Å². The fourth-order valence-corrected chi connectivity index (χ4v) is 0.507. The second-order valence-electron chi connectivity index (χ2n) is 2.09. The molecule has 10 heavy (non-hydrogen) atoms. The largest absolute Gasteiger partial charge is 0.328 e. The second-order valence-corrected chi connectivity index (χ2v) is 2.09. The maximum absolute atomic E-state index is 10.9. The molecule has 5 heteroatoms. The Morgan fingerprint density at radius 2 is 1.40 bits per heavy atom. The van der Waals surface area contributed by atoms with Crippen LogP contribution < -0.4 is 22.9 Å². The van der Waals surface area contributed by atoms with Gasteiger partial charge >= 0.3 is 0 Å². The maximum Gasteiger partial charge on any atom is 0.168 e. The highest BCUT2D eigenvalue weighted by Gasteiger charge is 2.17. The van der Waals surface area contributed by atoms with Gasteiger partial charge in [0.1, 0.15) is 0 Å². The fourth-order valence-electron chi connectivity index (χ4n) is 0.507. The molecule has 5 nitrogen and oxygen atoms in total. The fraction of sp³-hybridized carbons (Fsp3) is 0.800. The molecular formula is C5H14N4O. The summed E-state index contributed by atoms with van der Waals surface area (Å²) in [5.41, 5.74) is 20.8. The molecule has 0 bridgehead atoms. The Labute approximate surface area is 59.7 Å². The molecule has 8 N–H and O–H groups in total. The van der Waals surface area contributed by atoms with Crippen LogP contribution >= 0.6 is 0 Å². The number of hydrogen-bond donors (Lipinski definition) is 4. The van der Waals surface area contributed by atoms with Gasteiger partial charge in [-0.15, -0.1) is 0 Å². The number of carbonyl (C=O) groups is 1. The third kappa shape index (κ3) is 2.40. The van der Waals surface area contributed by atoms with Crippen molar-refractivity contribution in [2.45, 2.75) is 12.1 Å². The normalized spacial score (nSPS) is 16.4. The highest BCUT2D eigenvalue weighted by molar-refractivity contribution is 5.89. The van der Waals surface area contributed by atoms with Crippen molar-refractivity contribution >= 4 is 5.78 Å². The van der Waals surface area contributed by atoms with E-state index in [9.17, 15) is 4.79 Å². The van der Waals surface area contributed by atoms with Crippen molar-refractivity contribution in [3.8, 4) is 0 Å². The monoisotopic (exact) mass is 146 g/mol. The molecule has 0 fully saturated rings. The molecule has 0 aromatic rings. The zero-order valence-corrected chi connectivity index (χ0v) is 5.79. The lowest BCUT2D eigenvalue weighted by molar-refractivity contribution is -0.121. The quantitative estimate of drug-likeness (QED) is 0.339. The van der Waals surface area contributed by atoms with Crippen LogP contribution in [0.15, 0.2) is 0 Å². The molecule has 0 spiro atoms. The van der Waals surface area contributed by atoms with Gasteiger partial charge in [-0.3, -0.25) is 4.79 Å². The van der Waals surface area contributed by atoms with E-state index in [0.717, 1.165) is 0 Å². The van der Waals surface area contributed by atoms with Gasteiger partial charge in [0.25, 0.3) is 0 Å². The first kappa shape index (κ1) is 9.51. The first-order chi connectivity index (χ1) is 4.63. The SMILES string of the molecule is NCC(N)C(=O)C(N)CN. The minimum Gasteiger partial charge on any atom is -0.328 e. The van der Waals surface area contributed by atoms with Crippen LogP contribution in [0.25, 0.3) is 0 Å². The third-order valence-corrected chi connectivity index (χ3v) is 1.24. The molecule has 0 aliphatic carbocycles. The van der Waals surface area contributed by atoms with Crippen LogP contribution in [-0.4, -0.2) is 31.0 Å². The summed E-state index contributed by atoms with van der Waals surface area (Å²) in [6.45, 7) is 0.235. The lowest BCUT2D eigenvalue weighted by Gasteiger charge is -2.11. The Balaban J connectivity index is 3.82. The zero-order valence-electron chi connectivity index (χ0n) is 5.79. The summed E-state index contributed by atoms with van der Waals surface area (Å²) >= 11 is 0. The summed E-state index contributed by atoms with van der Waals surface area (Å²) in [7, 11) is 0. The Morgan fingerprint density at radius 1 is 1.10 bits per heavy atom.